The Morgan fingerprint density at radius 3 is 2.23 bits per heavy atom. The lowest BCUT2D eigenvalue weighted by Gasteiger charge is -2.10. The summed E-state index contributed by atoms with van der Waals surface area (Å²) in [5.74, 6) is 0.175. The highest BCUT2D eigenvalue weighted by Gasteiger charge is 2.11. The molecule has 0 radical (unpaired) electrons. The molecule has 0 spiro atoms. The fourth-order valence-electron chi connectivity index (χ4n) is 2.95. The van der Waals surface area contributed by atoms with Gasteiger partial charge in [0.1, 0.15) is 12.4 Å². The van der Waals surface area contributed by atoms with Crippen LogP contribution in [0.1, 0.15) is 26.5 Å². The molecule has 0 unspecified atom stereocenters. The van der Waals surface area contributed by atoms with Gasteiger partial charge < -0.3 is 19.8 Å². The molecule has 6 heteroatoms. The first kappa shape index (κ1) is 20.0. The molecule has 0 aliphatic rings. The van der Waals surface area contributed by atoms with Crippen molar-refractivity contribution in [1.82, 2.24) is 0 Å². The lowest BCUT2D eigenvalue weighted by molar-refractivity contribution is 0.0995. The largest absolute Gasteiger partial charge is 0.489 e. The van der Waals surface area contributed by atoms with Gasteiger partial charge in [-0.05, 0) is 54.1 Å². The lowest BCUT2D eigenvalue weighted by atomic mass is 10.2. The Morgan fingerprint density at radius 1 is 0.742 bits per heavy atom. The summed E-state index contributed by atoms with van der Waals surface area (Å²) in [6.45, 7) is 0.420. The summed E-state index contributed by atoms with van der Waals surface area (Å²) in [5.41, 5.74) is 2.61. The zero-order valence-corrected chi connectivity index (χ0v) is 16.6. The van der Waals surface area contributed by atoms with Crippen molar-refractivity contribution in [2.24, 2.45) is 0 Å². The van der Waals surface area contributed by atoms with E-state index < -0.39 is 0 Å². The molecule has 0 saturated carbocycles. The van der Waals surface area contributed by atoms with Gasteiger partial charge in [-0.15, -0.1) is 0 Å². The topological polar surface area (TPSA) is 80.6 Å². The third-order valence-electron chi connectivity index (χ3n) is 4.47. The molecule has 2 amide bonds. The predicted molar refractivity (Wildman–Crippen MR) is 118 cm³/mol. The molecule has 6 nitrogen and oxygen atoms in total. The fourth-order valence-corrected chi connectivity index (χ4v) is 2.95. The van der Waals surface area contributed by atoms with E-state index in [2.05, 4.69) is 10.6 Å². The van der Waals surface area contributed by atoms with Crippen LogP contribution in [0.15, 0.2) is 102 Å². The first-order chi connectivity index (χ1) is 15.2. The van der Waals surface area contributed by atoms with Crippen LogP contribution in [0.3, 0.4) is 0 Å². The van der Waals surface area contributed by atoms with Gasteiger partial charge in [0, 0.05) is 16.9 Å². The summed E-state index contributed by atoms with van der Waals surface area (Å²) in [6, 6.07) is 26.9. The maximum absolute atomic E-state index is 12.7. The van der Waals surface area contributed by atoms with E-state index in [-0.39, 0.29) is 17.6 Å². The van der Waals surface area contributed by atoms with E-state index in [0.29, 0.717) is 29.3 Å². The molecule has 0 atom stereocenters. The minimum Gasteiger partial charge on any atom is -0.489 e. The van der Waals surface area contributed by atoms with Crippen LogP contribution in [-0.2, 0) is 6.61 Å². The minimum absolute atomic E-state index is 0.210. The van der Waals surface area contributed by atoms with Crippen LogP contribution in [0.5, 0.6) is 5.75 Å². The Kier molecular flexibility index (Phi) is 6.09. The Hall–Kier alpha value is -4.32. The summed E-state index contributed by atoms with van der Waals surface area (Å²) < 4.78 is 10.9. The summed E-state index contributed by atoms with van der Waals surface area (Å²) in [4.78, 5) is 24.8. The molecule has 0 aliphatic heterocycles. The highest BCUT2D eigenvalue weighted by Crippen LogP contribution is 2.19. The fraction of sp³-hybridized carbons (Fsp3) is 0.0400. The molecule has 2 N–H and O–H groups in total. The number of hydrogen-bond acceptors (Lipinski definition) is 4. The molecular formula is C25H20N2O4. The van der Waals surface area contributed by atoms with Crippen molar-refractivity contribution in [2.45, 2.75) is 6.61 Å². The second-order valence-corrected chi connectivity index (χ2v) is 6.77. The number of rotatable bonds is 7. The SMILES string of the molecule is O=C(Nc1cccc(NC(=O)c2ccco2)c1)c1cccc(OCc2ccccc2)c1. The van der Waals surface area contributed by atoms with Crippen molar-refractivity contribution in [3.05, 3.63) is 114 Å². The number of ether oxygens (including phenoxy) is 1. The Labute approximate surface area is 179 Å². The third-order valence-corrected chi connectivity index (χ3v) is 4.47. The van der Waals surface area contributed by atoms with E-state index in [0.717, 1.165) is 5.56 Å². The molecular weight excluding hydrogens is 392 g/mol. The van der Waals surface area contributed by atoms with Crippen molar-refractivity contribution in [2.75, 3.05) is 10.6 Å². The smallest absolute Gasteiger partial charge is 0.291 e. The number of nitrogens with one attached hydrogen (secondary N) is 2. The number of carbonyl (C=O) groups excluding carboxylic acids is 2. The van der Waals surface area contributed by atoms with Gasteiger partial charge in [0.15, 0.2) is 5.76 Å². The molecule has 4 rings (SSSR count). The lowest BCUT2D eigenvalue weighted by Crippen LogP contribution is -2.13. The zero-order valence-electron chi connectivity index (χ0n) is 16.6. The first-order valence-electron chi connectivity index (χ1n) is 9.70. The molecule has 3 aromatic carbocycles. The standard InChI is InChI=1S/C25H20N2O4/c28-24(19-9-4-12-22(15-19)31-17-18-7-2-1-3-8-18)26-20-10-5-11-21(16-20)27-25(29)23-13-6-14-30-23/h1-16H,17H2,(H,26,28)(H,27,29). The van der Waals surface area contributed by atoms with Gasteiger partial charge in [-0.2, -0.15) is 0 Å². The maximum Gasteiger partial charge on any atom is 0.291 e. The second-order valence-electron chi connectivity index (χ2n) is 6.77. The number of furan rings is 1. The maximum atomic E-state index is 12.7. The molecule has 4 aromatic rings. The van der Waals surface area contributed by atoms with Crippen molar-refractivity contribution in [3.63, 3.8) is 0 Å². The highest BCUT2D eigenvalue weighted by atomic mass is 16.5. The summed E-state index contributed by atoms with van der Waals surface area (Å²) in [6.07, 6.45) is 1.43. The quantitative estimate of drug-likeness (QED) is 0.428. The number of carbonyl (C=O) groups is 2. The molecule has 0 fully saturated rings. The Morgan fingerprint density at radius 2 is 1.48 bits per heavy atom. The van der Waals surface area contributed by atoms with Gasteiger partial charge in [-0.25, -0.2) is 0 Å². The molecule has 31 heavy (non-hydrogen) atoms. The van der Waals surface area contributed by atoms with Gasteiger partial charge in [0.25, 0.3) is 11.8 Å². The number of benzene rings is 3. The van der Waals surface area contributed by atoms with Crippen LogP contribution < -0.4 is 15.4 Å². The van der Waals surface area contributed by atoms with Gasteiger partial charge in [0.2, 0.25) is 0 Å². The normalized spacial score (nSPS) is 10.3. The van der Waals surface area contributed by atoms with E-state index >= 15 is 0 Å². The second kappa shape index (κ2) is 9.45. The molecule has 1 heterocycles. The van der Waals surface area contributed by atoms with E-state index in [1.165, 1.54) is 6.26 Å². The van der Waals surface area contributed by atoms with Gasteiger partial charge in [-0.3, -0.25) is 9.59 Å². The van der Waals surface area contributed by atoms with Crippen LogP contribution in [0.4, 0.5) is 11.4 Å². The van der Waals surface area contributed by atoms with Gasteiger partial charge in [0.05, 0.1) is 6.26 Å². The molecule has 1 aromatic heterocycles. The van der Waals surface area contributed by atoms with Crippen LogP contribution in [0.2, 0.25) is 0 Å². The van der Waals surface area contributed by atoms with E-state index in [1.54, 1.807) is 54.6 Å². The summed E-state index contributed by atoms with van der Waals surface area (Å²) >= 11 is 0. The van der Waals surface area contributed by atoms with Gasteiger partial charge >= 0.3 is 0 Å². The number of hydrogen-bond donors (Lipinski definition) is 2. The van der Waals surface area contributed by atoms with E-state index in [9.17, 15) is 9.59 Å². The monoisotopic (exact) mass is 412 g/mol. The van der Waals surface area contributed by atoms with Crippen molar-refractivity contribution < 1.29 is 18.7 Å². The third kappa shape index (κ3) is 5.39. The van der Waals surface area contributed by atoms with Crippen molar-refractivity contribution in [1.29, 1.82) is 0 Å². The van der Waals surface area contributed by atoms with Crippen LogP contribution >= 0.6 is 0 Å². The molecule has 154 valence electrons. The average Bonchev–Trinajstić information content (AvgIpc) is 3.34. The zero-order chi connectivity index (χ0) is 21.5. The first-order valence-corrected chi connectivity index (χ1v) is 9.70. The van der Waals surface area contributed by atoms with Gasteiger partial charge in [-0.1, -0.05) is 42.5 Å². The molecule has 0 aliphatic carbocycles. The summed E-state index contributed by atoms with van der Waals surface area (Å²) in [7, 11) is 0. The summed E-state index contributed by atoms with van der Waals surface area (Å²) in [5, 5.41) is 5.57. The van der Waals surface area contributed by atoms with Crippen molar-refractivity contribution in [3.8, 4) is 5.75 Å². The Balaban J connectivity index is 1.39. The van der Waals surface area contributed by atoms with Crippen molar-refractivity contribution >= 4 is 23.2 Å². The van der Waals surface area contributed by atoms with Crippen LogP contribution in [0.25, 0.3) is 0 Å². The minimum atomic E-state index is -0.364. The highest BCUT2D eigenvalue weighted by molar-refractivity contribution is 6.05. The van der Waals surface area contributed by atoms with Crippen LogP contribution in [0, 0.1) is 0 Å². The number of anilines is 2. The predicted octanol–water partition coefficient (Wildman–Crippen LogP) is 5.36. The Bertz CT molecular complexity index is 1170. The van der Waals surface area contributed by atoms with Crippen LogP contribution in [-0.4, -0.2) is 11.8 Å². The molecule has 0 saturated heterocycles. The van der Waals surface area contributed by atoms with E-state index in [1.807, 2.05) is 36.4 Å². The number of amides is 2. The average molecular weight is 412 g/mol. The van der Waals surface area contributed by atoms with E-state index in [4.69, 9.17) is 9.15 Å². The molecule has 0 bridgehead atoms.